The Kier molecular flexibility index (Phi) is 2.93. The van der Waals surface area contributed by atoms with Gasteiger partial charge >= 0.3 is 0 Å². The third-order valence-electron chi connectivity index (χ3n) is 4.08. The average molecular weight is 295 g/mol. The lowest BCUT2D eigenvalue weighted by Crippen LogP contribution is -2.01. The Hall–Kier alpha value is -1.94. The van der Waals surface area contributed by atoms with Crippen molar-refractivity contribution in [2.45, 2.75) is 32.6 Å². The van der Waals surface area contributed by atoms with Crippen LogP contribution in [0.3, 0.4) is 0 Å². The van der Waals surface area contributed by atoms with Crippen LogP contribution >= 0.6 is 11.3 Å². The number of aromatic nitrogens is 2. The van der Waals surface area contributed by atoms with Gasteiger partial charge in [0, 0.05) is 11.3 Å². The van der Waals surface area contributed by atoms with E-state index in [0.29, 0.717) is 5.82 Å². The molecule has 1 aliphatic rings. The van der Waals surface area contributed by atoms with E-state index in [0.717, 1.165) is 28.9 Å². The Labute approximate surface area is 127 Å². The van der Waals surface area contributed by atoms with E-state index in [1.807, 2.05) is 0 Å². The maximum atomic E-state index is 6.21. The first-order valence-electron chi connectivity index (χ1n) is 7.33. The van der Waals surface area contributed by atoms with Gasteiger partial charge in [-0.25, -0.2) is 9.97 Å². The second-order valence-electron chi connectivity index (χ2n) is 5.73. The van der Waals surface area contributed by atoms with Crippen LogP contribution in [0.15, 0.2) is 24.3 Å². The highest BCUT2D eigenvalue weighted by atomic mass is 32.1. The summed E-state index contributed by atoms with van der Waals surface area (Å²) in [6.45, 7) is 2.10. The van der Waals surface area contributed by atoms with Crippen LogP contribution in [0.1, 0.15) is 33.8 Å². The molecule has 0 atom stereocenters. The molecule has 0 spiro atoms. The SMILES string of the molecule is Cc1cccc(Cc2nc(N)c3c4c(sc3n2)CCC4)c1. The number of hydrogen-bond donors (Lipinski definition) is 1. The molecule has 0 saturated heterocycles. The first-order chi connectivity index (χ1) is 10.2. The fourth-order valence-electron chi connectivity index (χ4n) is 3.15. The Bertz CT molecular complexity index is 835. The summed E-state index contributed by atoms with van der Waals surface area (Å²) in [7, 11) is 0. The first kappa shape index (κ1) is 12.8. The normalized spacial score (nSPS) is 13.8. The first-order valence-corrected chi connectivity index (χ1v) is 8.14. The quantitative estimate of drug-likeness (QED) is 0.785. The molecule has 2 heterocycles. The maximum absolute atomic E-state index is 6.21. The van der Waals surface area contributed by atoms with Crippen LogP contribution in [0.5, 0.6) is 0 Å². The highest BCUT2D eigenvalue weighted by Crippen LogP contribution is 2.38. The van der Waals surface area contributed by atoms with Crippen LogP contribution in [0.4, 0.5) is 5.82 Å². The fourth-order valence-corrected chi connectivity index (χ4v) is 4.44. The largest absolute Gasteiger partial charge is 0.383 e. The zero-order chi connectivity index (χ0) is 14.4. The molecule has 4 rings (SSSR count). The molecule has 1 aromatic carbocycles. The molecule has 0 fully saturated rings. The van der Waals surface area contributed by atoms with Crippen molar-refractivity contribution in [2.75, 3.05) is 5.73 Å². The Balaban J connectivity index is 1.77. The number of anilines is 1. The van der Waals surface area contributed by atoms with Gasteiger partial charge in [0.05, 0.1) is 5.39 Å². The van der Waals surface area contributed by atoms with Crippen LogP contribution in [0.2, 0.25) is 0 Å². The van der Waals surface area contributed by atoms with Gasteiger partial charge < -0.3 is 5.73 Å². The number of benzene rings is 1. The summed E-state index contributed by atoms with van der Waals surface area (Å²) in [5, 5.41) is 1.11. The number of fused-ring (bicyclic) bond motifs is 3. The average Bonchev–Trinajstić information content (AvgIpc) is 2.98. The van der Waals surface area contributed by atoms with E-state index in [2.05, 4.69) is 36.2 Å². The molecule has 0 radical (unpaired) electrons. The summed E-state index contributed by atoms with van der Waals surface area (Å²) in [5.41, 5.74) is 10.1. The van der Waals surface area contributed by atoms with Crippen molar-refractivity contribution in [2.24, 2.45) is 0 Å². The van der Waals surface area contributed by atoms with E-state index in [-0.39, 0.29) is 0 Å². The number of nitrogens with zero attached hydrogens (tertiary/aromatic N) is 2. The second-order valence-corrected chi connectivity index (χ2v) is 6.81. The van der Waals surface area contributed by atoms with Crippen molar-refractivity contribution >= 4 is 27.4 Å². The molecule has 0 bridgehead atoms. The summed E-state index contributed by atoms with van der Waals surface area (Å²) >= 11 is 1.80. The smallest absolute Gasteiger partial charge is 0.136 e. The molecule has 2 aromatic heterocycles. The van der Waals surface area contributed by atoms with Gasteiger partial charge in [0.15, 0.2) is 0 Å². The molecule has 0 saturated carbocycles. The van der Waals surface area contributed by atoms with E-state index in [9.17, 15) is 0 Å². The highest BCUT2D eigenvalue weighted by molar-refractivity contribution is 7.19. The van der Waals surface area contributed by atoms with Gasteiger partial charge in [-0.1, -0.05) is 29.8 Å². The summed E-state index contributed by atoms with van der Waals surface area (Å²) in [6, 6.07) is 8.47. The number of nitrogens with two attached hydrogens (primary N) is 1. The van der Waals surface area contributed by atoms with Gasteiger partial charge in [0.2, 0.25) is 0 Å². The molecule has 0 unspecified atom stereocenters. The molecular weight excluding hydrogens is 278 g/mol. The van der Waals surface area contributed by atoms with Gasteiger partial charge in [0.1, 0.15) is 16.5 Å². The van der Waals surface area contributed by atoms with Gasteiger partial charge in [-0.15, -0.1) is 11.3 Å². The fraction of sp³-hybridized carbons (Fsp3) is 0.294. The number of nitrogen functional groups attached to an aromatic ring is 1. The summed E-state index contributed by atoms with van der Waals surface area (Å²) in [4.78, 5) is 11.8. The lowest BCUT2D eigenvalue weighted by molar-refractivity contribution is 0.916. The minimum Gasteiger partial charge on any atom is -0.383 e. The standard InChI is InChI=1S/C17H17N3S/c1-10-4-2-5-11(8-10)9-14-19-16(18)15-12-6-3-7-13(12)21-17(15)20-14/h2,4-5,8H,3,6-7,9H2,1H3,(H2,18,19,20). The molecule has 3 nitrogen and oxygen atoms in total. The molecule has 21 heavy (non-hydrogen) atoms. The van der Waals surface area contributed by atoms with Crippen LogP contribution in [-0.2, 0) is 19.3 Å². The number of rotatable bonds is 2. The van der Waals surface area contributed by atoms with Gasteiger partial charge in [0.25, 0.3) is 0 Å². The van der Waals surface area contributed by atoms with Crippen molar-refractivity contribution in [1.82, 2.24) is 9.97 Å². The molecule has 2 N–H and O–H groups in total. The number of thiophene rings is 1. The van der Waals surface area contributed by atoms with Crippen LogP contribution in [0, 0.1) is 6.92 Å². The van der Waals surface area contributed by atoms with Crippen LogP contribution in [-0.4, -0.2) is 9.97 Å². The Morgan fingerprint density at radius 1 is 1.24 bits per heavy atom. The molecule has 0 amide bonds. The minimum absolute atomic E-state index is 0.655. The van der Waals surface area contributed by atoms with E-state index in [1.165, 1.54) is 34.4 Å². The van der Waals surface area contributed by atoms with Gasteiger partial charge in [-0.05, 0) is 37.3 Å². The molecule has 4 heteroatoms. The predicted octanol–water partition coefficient (Wildman–Crippen LogP) is 3.66. The molecule has 106 valence electrons. The minimum atomic E-state index is 0.655. The van der Waals surface area contributed by atoms with Crippen molar-refractivity contribution in [3.05, 3.63) is 51.7 Å². The lowest BCUT2D eigenvalue weighted by atomic mass is 10.1. The summed E-state index contributed by atoms with van der Waals surface area (Å²) in [5.74, 6) is 1.48. The zero-order valence-electron chi connectivity index (χ0n) is 12.0. The van der Waals surface area contributed by atoms with E-state index in [1.54, 1.807) is 11.3 Å². The van der Waals surface area contributed by atoms with Gasteiger partial charge in [-0.2, -0.15) is 0 Å². The number of aryl methyl sites for hydroxylation is 3. The zero-order valence-corrected chi connectivity index (χ0v) is 12.8. The molecule has 0 aliphatic heterocycles. The van der Waals surface area contributed by atoms with Crippen LogP contribution in [0.25, 0.3) is 10.2 Å². The third-order valence-corrected chi connectivity index (χ3v) is 5.27. The summed E-state index contributed by atoms with van der Waals surface area (Å²) in [6.07, 6.45) is 4.27. The highest BCUT2D eigenvalue weighted by Gasteiger charge is 2.21. The van der Waals surface area contributed by atoms with Crippen molar-refractivity contribution in [1.29, 1.82) is 0 Å². The summed E-state index contributed by atoms with van der Waals surface area (Å²) < 4.78 is 0. The second kappa shape index (κ2) is 4.81. The van der Waals surface area contributed by atoms with E-state index in [4.69, 9.17) is 10.7 Å². The van der Waals surface area contributed by atoms with Crippen LogP contribution < -0.4 is 5.73 Å². The topological polar surface area (TPSA) is 51.8 Å². The van der Waals surface area contributed by atoms with Gasteiger partial charge in [-0.3, -0.25) is 0 Å². The predicted molar refractivity (Wildman–Crippen MR) is 87.8 cm³/mol. The maximum Gasteiger partial charge on any atom is 0.136 e. The Morgan fingerprint density at radius 3 is 3.00 bits per heavy atom. The molecule has 1 aliphatic carbocycles. The van der Waals surface area contributed by atoms with Crippen molar-refractivity contribution in [3.8, 4) is 0 Å². The van der Waals surface area contributed by atoms with E-state index >= 15 is 0 Å². The lowest BCUT2D eigenvalue weighted by Gasteiger charge is -2.05. The van der Waals surface area contributed by atoms with Crippen molar-refractivity contribution in [3.63, 3.8) is 0 Å². The molecular formula is C17H17N3S. The molecule has 3 aromatic rings. The third kappa shape index (κ3) is 2.20. The monoisotopic (exact) mass is 295 g/mol. The number of hydrogen-bond acceptors (Lipinski definition) is 4. The Morgan fingerprint density at radius 2 is 2.14 bits per heavy atom. The van der Waals surface area contributed by atoms with Crippen molar-refractivity contribution < 1.29 is 0 Å². The van der Waals surface area contributed by atoms with E-state index < -0.39 is 0 Å².